The van der Waals surface area contributed by atoms with Crippen molar-refractivity contribution in [1.82, 2.24) is 14.7 Å². The number of pyridine rings is 1. The van der Waals surface area contributed by atoms with Crippen molar-refractivity contribution < 1.29 is 18.0 Å². The largest absolute Gasteiger partial charge is 0.435 e. The minimum atomic E-state index is -4.71. The summed E-state index contributed by atoms with van der Waals surface area (Å²) in [6.45, 7) is 1.71. The van der Waals surface area contributed by atoms with Crippen LogP contribution in [-0.4, -0.2) is 15.3 Å². The van der Waals surface area contributed by atoms with Crippen LogP contribution >= 0.6 is 0 Å². The van der Waals surface area contributed by atoms with Gasteiger partial charge in [-0.25, -0.2) is 4.98 Å². The third-order valence-electron chi connectivity index (χ3n) is 3.66. The van der Waals surface area contributed by atoms with E-state index in [4.69, 9.17) is 0 Å². The first-order valence-corrected chi connectivity index (χ1v) is 7.28. The highest BCUT2D eigenvalue weighted by Crippen LogP contribution is 2.32. The molecule has 3 aromatic rings. The van der Waals surface area contributed by atoms with E-state index in [-0.39, 0.29) is 5.65 Å². The Hall–Kier alpha value is -2.83. The number of fused-ring (bicyclic) bond motifs is 1. The smallest absolute Gasteiger partial charge is 0.344 e. The van der Waals surface area contributed by atoms with Gasteiger partial charge in [-0.05, 0) is 24.6 Å². The van der Waals surface area contributed by atoms with Crippen LogP contribution in [-0.2, 0) is 6.18 Å². The maximum absolute atomic E-state index is 13.3. The first kappa shape index (κ1) is 16.0. The maximum atomic E-state index is 13.3. The van der Waals surface area contributed by atoms with Gasteiger partial charge in [0.15, 0.2) is 5.69 Å². The summed E-state index contributed by atoms with van der Waals surface area (Å²) in [6, 6.07) is 13.1. The number of nitrogens with one attached hydrogen (secondary N) is 1. The summed E-state index contributed by atoms with van der Waals surface area (Å²) < 4.78 is 40.9. The highest BCUT2D eigenvalue weighted by molar-refractivity contribution is 5.95. The van der Waals surface area contributed by atoms with Crippen molar-refractivity contribution in [2.45, 2.75) is 19.1 Å². The second-order valence-corrected chi connectivity index (χ2v) is 5.34. The van der Waals surface area contributed by atoms with Gasteiger partial charge in [-0.2, -0.15) is 13.2 Å². The SMILES string of the molecule is CC(NC(=O)c1c(C(F)(F)F)nc2ccccn12)c1ccccc1. The van der Waals surface area contributed by atoms with E-state index in [1.807, 2.05) is 6.07 Å². The van der Waals surface area contributed by atoms with Gasteiger partial charge in [0.25, 0.3) is 5.91 Å². The molecule has 0 aliphatic heterocycles. The molecule has 0 spiro atoms. The Morgan fingerprint density at radius 1 is 1.12 bits per heavy atom. The van der Waals surface area contributed by atoms with E-state index >= 15 is 0 Å². The molecule has 1 unspecified atom stereocenters. The van der Waals surface area contributed by atoms with Crippen molar-refractivity contribution in [2.75, 3.05) is 0 Å². The van der Waals surface area contributed by atoms with Crippen LogP contribution in [0.4, 0.5) is 13.2 Å². The third-order valence-corrected chi connectivity index (χ3v) is 3.66. The Kier molecular flexibility index (Phi) is 4.01. The van der Waals surface area contributed by atoms with Crippen molar-refractivity contribution in [3.05, 3.63) is 71.7 Å². The van der Waals surface area contributed by atoms with Crippen molar-refractivity contribution in [3.8, 4) is 0 Å². The molecule has 0 bridgehead atoms. The summed E-state index contributed by atoms with van der Waals surface area (Å²) in [5.41, 5.74) is -0.831. The van der Waals surface area contributed by atoms with Crippen LogP contribution < -0.4 is 5.32 Å². The average Bonchev–Trinajstić information content (AvgIpc) is 2.95. The predicted molar refractivity (Wildman–Crippen MR) is 82.5 cm³/mol. The molecular weight excluding hydrogens is 319 g/mol. The zero-order valence-electron chi connectivity index (χ0n) is 12.7. The Bertz CT molecular complexity index is 872. The van der Waals surface area contributed by atoms with Gasteiger partial charge in [-0.1, -0.05) is 36.4 Å². The number of aromatic nitrogens is 2. The first-order valence-electron chi connectivity index (χ1n) is 7.28. The summed E-state index contributed by atoms with van der Waals surface area (Å²) in [6.07, 6.45) is -3.33. The molecule has 1 atom stereocenters. The molecule has 0 aliphatic carbocycles. The summed E-state index contributed by atoms with van der Waals surface area (Å²) in [5.74, 6) is -0.822. The molecule has 0 radical (unpaired) electrons. The van der Waals surface area contributed by atoms with Crippen LogP contribution in [0.25, 0.3) is 5.65 Å². The number of benzene rings is 1. The number of carbonyl (C=O) groups is 1. The van der Waals surface area contributed by atoms with E-state index in [1.165, 1.54) is 12.3 Å². The first-order chi connectivity index (χ1) is 11.4. The van der Waals surface area contributed by atoms with E-state index in [1.54, 1.807) is 43.3 Å². The number of rotatable bonds is 3. The number of carbonyl (C=O) groups excluding carboxylic acids is 1. The van der Waals surface area contributed by atoms with E-state index in [2.05, 4.69) is 10.3 Å². The zero-order valence-corrected chi connectivity index (χ0v) is 12.7. The molecule has 0 aliphatic rings. The van der Waals surface area contributed by atoms with Crippen molar-refractivity contribution in [2.24, 2.45) is 0 Å². The second kappa shape index (κ2) is 5.99. The summed E-state index contributed by atoms with van der Waals surface area (Å²) in [5, 5.41) is 2.60. The van der Waals surface area contributed by atoms with Crippen molar-refractivity contribution >= 4 is 11.6 Å². The number of imidazole rings is 1. The monoisotopic (exact) mass is 333 g/mol. The lowest BCUT2D eigenvalue weighted by Gasteiger charge is -2.15. The minimum absolute atomic E-state index is 0.0716. The van der Waals surface area contributed by atoms with Crippen LogP contribution in [0, 0.1) is 0 Å². The van der Waals surface area contributed by atoms with E-state index in [0.29, 0.717) is 0 Å². The molecule has 124 valence electrons. The zero-order chi connectivity index (χ0) is 17.3. The molecule has 1 N–H and O–H groups in total. The number of amides is 1. The molecule has 3 rings (SSSR count). The average molecular weight is 333 g/mol. The molecule has 1 aromatic carbocycles. The van der Waals surface area contributed by atoms with Crippen LogP contribution in [0.1, 0.15) is 34.7 Å². The molecule has 24 heavy (non-hydrogen) atoms. The van der Waals surface area contributed by atoms with Crippen LogP contribution in [0.15, 0.2) is 54.7 Å². The fourth-order valence-electron chi connectivity index (χ4n) is 2.50. The van der Waals surface area contributed by atoms with Gasteiger partial charge >= 0.3 is 6.18 Å². The lowest BCUT2D eigenvalue weighted by molar-refractivity contribution is -0.141. The van der Waals surface area contributed by atoms with E-state index in [9.17, 15) is 18.0 Å². The predicted octanol–water partition coefficient (Wildman–Crippen LogP) is 3.84. The molecule has 0 saturated carbocycles. The van der Waals surface area contributed by atoms with Gasteiger partial charge in [0.2, 0.25) is 0 Å². The number of alkyl halides is 3. The maximum Gasteiger partial charge on any atom is 0.435 e. The molecule has 2 heterocycles. The molecule has 1 amide bonds. The molecule has 7 heteroatoms. The molecule has 0 fully saturated rings. The van der Waals surface area contributed by atoms with Crippen LogP contribution in [0.3, 0.4) is 0 Å². The number of hydrogen-bond acceptors (Lipinski definition) is 2. The standard InChI is InChI=1S/C17H14F3N3O/c1-11(12-7-3-2-4-8-12)21-16(24)14-15(17(18,19)20)22-13-9-5-6-10-23(13)14/h2-11H,1H3,(H,21,24). The molecule has 0 saturated heterocycles. The number of halogens is 3. The quantitative estimate of drug-likeness (QED) is 0.791. The molecular formula is C17H14F3N3O. The normalized spacial score (nSPS) is 13.0. The highest BCUT2D eigenvalue weighted by atomic mass is 19.4. The highest BCUT2D eigenvalue weighted by Gasteiger charge is 2.40. The molecule has 2 aromatic heterocycles. The fourth-order valence-corrected chi connectivity index (χ4v) is 2.50. The Labute approximate surface area is 135 Å². The minimum Gasteiger partial charge on any atom is -0.344 e. The Morgan fingerprint density at radius 2 is 1.79 bits per heavy atom. The van der Waals surface area contributed by atoms with Gasteiger partial charge in [0, 0.05) is 6.20 Å². The summed E-state index contributed by atoms with van der Waals surface area (Å²) in [4.78, 5) is 16.1. The Morgan fingerprint density at radius 3 is 2.46 bits per heavy atom. The van der Waals surface area contributed by atoms with Gasteiger partial charge in [-0.15, -0.1) is 0 Å². The topological polar surface area (TPSA) is 46.4 Å². The van der Waals surface area contributed by atoms with Gasteiger partial charge in [-0.3, -0.25) is 9.20 Å². The third kappa shape index (κ3) is 2.97. The number of nitrogens with zero attached hydrogens (tertiary/aromatic N) is 2. The van der Waals surface area contributed by atoms with Crippen molar-refractivity contribution in [1.29, 1.82) is 0 Å². The van der Waals surface area contributed by atoms with Crippen LogP contribution in [0.2, 0.25) is 0 Å². The molecule has 4 nitrogen and oxygen atoms in total. The summed E-state index contributed by atoms with van der Waals surface area (Å²) in [7, 11) is 0. The fraction of sp³-hybridized carbons (Fsp3) is 0.176. The van der Waals surface area contributed by atoms with Crippen molar-refractivity contribution in [3.63, 3.8) is 0 Å². The van der Waals surface area contributed by atoms with E-state index in [0.717, 1.165) is 9.96 Å². The lowest BCUT2D eigenvalue weighted by atomic mass is 10.1. The van der Waals surface area contributed by atoms with Gasteiger partial charge < -0.3 is 5.32 Å². The second-order valence-electron chi connectivity index (χ2n) is 5.34. The van der Waals surface area contributed by atoms with Crippen LogP contribution in [0.5, 0.6) is 0 Å². The lowest BCUT2D eigenvalue weighted by Crippen LogP contribution is -2.29. The van der Waals surface area contributed by atoms with Gasteiger partial charge in [0.05, 0.1) is 6.04 Å². The number of hydrogen-bond donors (Lipinski definition) is 1. The van der Waals surface area contributed by atoms with Gasteiger partial charge in [0.1, 0.15) is 11.3 Å². The summed E-state index contributed by atoms with van der Waals surface area (Å²) >= 11 is 0. The Balaban J connectivity index is 2.00. The van der Waals surface area contributed by atoms with E-state index < -0.39 is 29.5 Å².